The van der Waals surface area contributed by atoms with Crippen molar-refractivity contribution in [1.82, 2.24) is 5.32 Å². The molecule has 0 unspecified atom stereocenters. The molecule has 1 N–H and O–H groups in total. The van der Waals surface area contributed by atoms with Crippen molar-refractivity contribution in [2.45, 2.75) is 44.7 Å². The van der Waals surface area contributed by atoms with Gasteiger partial charge in [0, 0.05) is 6.54 Å². The molecule has 2 fully saturated rings. The lowest BCUT2D eigenvalue weighted by Crippen LogP contribution is -2.43. The zero-order chi connectivity index (χ0) is 9.31. The molecular weight excluding hydrogens is 165 g/mol. The molecule has 0 saturated heterocycles. The number of nitrogens with one attached hydrogen (secondary N) is 1. The Kier molecular flexibility index (Phi) is 2.59. The van der Waals surface area contributed by atoms with E-state index in [9.17, 15) is 4.39 Å². The summed E-state index contributed by atoms with van der Waals surface area (Å²) in [7, 11) is 1.82. The average Bonchev–Trinajstić information content (AvgIpc) is 1.92. The summed E-state index contributed by atoms with van der Waals surface area (Å²) in [4.78, 5) is 0. The summed E-state index contributed by atoms with van der Waals surface area (Å²) in [5, 5.41) is 2.89. The van der Waals surface area contributed by atoms with Crippen LogP contribution in [-0.2, 0) is 0 Å². The second-order valence-corrected chi connectivity index (χ2v) is 5.02. The van der Waals surface area contributed by atoms with Crippen LogP contribution in [0.2, 0.25) is 0 Å². The molecule has 1 atom stereocenters. The van der Waals surface area contributed by atoms with Gasteiger partial charge in [-0.25, -0.2) is 4.39 Å². The highest BCUT2D eigenvalue weighted by Crippen LogP contribution is 2.59. The van der Waals surface area contributed by atoms with E-state index in [-0.39, 0.29) is 0 Å². The summed E-state index contributed by atoms with van der Waals surface area (Å²) in [6, 6.07) is 0. The van der Waals surface area contributed by atoms with Crippen molar-refractivity contribution in [2.24, 2.45) is 11.3 Å². The van der Waals surface area contributed by atoms with Gasteiger partial charge in [0.25, 0.3) is 0 Å². The van der Waals surface area contributed by atoms with Gasteiger partial charge in [0.2, 0.25) is 0 Å². The summed E-state index contributed by atoms with van der Waals surface area (Å²) in [5.41, 5.74) is 0.712. The highest BCUT2D eigenvalue weighted by molar-refractivity contribution is 4.99. The third-order valence-corrected chi connectivity index (χ3v) is 3.87. The first-order valence-corrected chi connectivity index (χ1v) is 5.53. The zero-order valence-corrected chi connectivity index (χ0v) is 8.48. The Labute approximate surface area is 80.1 Å². The number of hydrogen-bond donors (Lipinski definition) is 1. The van der Waals surface area contributed by atoms with Crippen molar-refractivity contribution >= 4 is 0 Å². The van der Waals surface area contributed by atoms with Gasteiger partial charge >= 0.3 is 0 Å². The molecule has 0 aromatic carbocycles. The summed E-state index contributed by atoms with van der Waals surface area (Å²) >= 11 is 0. The molecule has 1 nitrogen and oxygen atoms in total. The van der Waals surface area contributed by atoms with Gasteiger partial charge in [0.1, 0.15) is 6.17 Å². The first-order chi connectivity index (χ1) is 6.24. The standard InChI is InChI=1S/C11H20FN/c1-13-8-10(12)5-9-6-11(7-9)3-2-4-11/h9-10,13H,2-8H2,1H3/t10-/m1/s1. The first kappa shape index (κ1) is 9.45. The van der Waals surface area contributed by atoms with Crippen LogP contribution < -0.4 is 5.32 Å². The minimum Gasteiger partial charge on any atom is -0.317 e. The van der Waals surface area contributed by atoms with E-state index < -0.39 is 6.17 Å². The van der Waals surface area contributed by atoms with Crippen LogP contribution in [0.15, 0.2) is 0 Å². The van der Waals surface area contributed by atoms with Crippen LogP contribution in [-0.4, -0.2) is 19.8 Å². The lowest BCUT2D eigenvalue weighted by atomic mass is 9.51. The fourth-order valence-corrected chi connectivity index (χ4v) is 3.08. The highest BCUT2D eigenvalue weighted by atomic mass is 19.1. The molecule has 0 aliphatic heterocycles. The van der Waals surface area contributed by atoms with Crippen LogP contribution in [0.1, 0.15) is 38.5 Å². The second-order valence-electron chi connectivity index (χ2n) is 5.02. The van der Waals surface area contributed by atoms with E-state index in [4.69, 9.17) is 0 Å². The quantitative estimate of drug-likeness (QED) is 0.709. The van der Waals surface area contributed by atoms with Gasteiger partial charge in [0.15, 0.2) is 0 Å². The maximum absolute atomic E-state index is 13.2. The summed E-state index contributed by atoms with van der Waals surface area (Å²) in [6.07, 6.45) is 7.07. The Bertz CT molecular complexity index is 169. The molecule has 2 aliphatic rings. The van der Waals surface area contributed by atoms with Crippen LogP contribution in [0, 0.1) is 11.3 Å². The van der Waals surface area contributed by atoms with E-state index in [1.807, 2.05) is 7.05 Å². The lowest BCUT2D eigenvalue weighted by molar-refractivity contribution is -0.0357. The van der Waals surface area contributed by atoms with Gasteiger partial charge in [-0.3, -0.25) is 0 Å². The monoisotopic (exact) mass is 185 g/mol. The van der Waals surface area contributed by atoms with Gasteiger partial charge in [-0.2, -0.15) is 0 Å². The Morgan fingerprint density at radius 2 is 2.15 bits per heavy atom. The minimum absolute atomic E-state index is 0.531. The molecule has 0 bridgehead atoms. The maximum Gasteiger partial charge on any atom is 0.113 e. The number of hydrogen-bond acceptors (Lipinski definition) is 1. The molecule has 0 aromatic heterocycles. The third-order valence-electron chi connectivity index (χ3n) is 3.87. The molecular formula is C11H20FN. The van der Waals surface area contributed by atoms with Crippen LogP contribution in [0.5, 0.6) is 0 Å². The Balaban J connectivity index is 1.63. The van der Waals surface area contributed by atoms with Gasteiger partial charge in [-0.15, -0.1) is 0 Å². The Morgan fingerprint density at radius 1 is 1.46 bits per heavy atom. The molecule has 1 spiro atoms. The lowest BCUT2D eigenvalue weighted by Gasteiger charge is -2.54. The predicted octanol–water partition coefficient (Wildman–Crippen LogP) is 2.51. The second kappa shape index (κ2) is 3.56. The average molecular weight is 185 g/mol. The molecule has 13 heavy (non-hydrogen) atoms. The topological polar surface area (TPSA) is 12.0 Å². The van der Waals surface area contributed by atoms with E-state index in [0.717, 1.165) is 6.42 Å². The molecule has 0 radical (unpaired) electrons. The third kappa shape index (κ3) is 1.88. The van der Waals surface area contributed by atoms with Gasteiger partial charge in [-0.05, 0) is 50.5 Å². The van der Waals surface area contributed by atoms with E-state index in [1.165, 1.54) is 32.1 Å². The molecule has 2 heteroatoms. The normalized spacial score (nSPS) is 28.2. The van der Waals surface area contributed by atoms with Crippen molar-refractivity contribution in [1.29, 1.82) is 0 Å². The van der Waals surface area contributed by atoms with Crippen LogP contribution >= 0.6 is 0 Å². The Hall–Kier alpha value is -0.110. The van der Waals surface area contributed by atoms with Crippen molar-refractivity contribution in [3.63, 3.8) is 0 Å². The molecule has 2 saturated carbocycles. The van der Waals surface area contributed by atoms with E-state index in [1.54, 1.807) is 0 Å². The molecule has 0 aromatic rings. The van der Waals surface area contributed by atoms with Crippen molar-refractivity contribution in [3.05, 3.63) is 0 Å². The van der Waals surface area contributed by atoms with E-state index in [2.05, 4.69) is 5.32 Å². The fourth-order valence-electron chi connectivity index (χ4n) is 3.08. The molecule has 2 rings (SSSR count). The summed E-state index contributed by atoms with van der Waals surface area (Å²) in [6.45, 7) is 0.531. The van der Waals surface area contributed by atoms with Gasteiger partial charge in [0.05, 0.1) is 0 Å². The van der Waals surface area contributed by atoms with Crippen LogP contribution in [0.4, 0.5) is 4.39 Å². The maximum atomic E-state index is 13.2. The number of alkyl halides is 1. The molecule has 0 heterocycles. The van der Waals surface area contributed by atoms with Gasteiger partial charge < -0.3 is 5.32 Å². The molecule has 76 valence electrons. The smallest absolute Gasteiger partial charge is 0.113 e. The van der Waals surface area contributed by atoms with E-state index >= 15 is 0 Å². The first-order valence-electron chi connectivity index (χ1n) is 5.53. The van der Waals surface area contributed by atoms with Crippen molar-refractivity contribution < 1.29 is 4.39 Å². The van der Waals surface area contributed by atoms with Gasteiger partial charge in [-0.1, -0.05) is 6.42 Å². The Morgan fingerprint density at radius 3 is 2.62 bits per heavy atom. The molecule has 2 aliphatic carbocycles. The van der Waals surface area contributed by atoms with E-state index in [0.29, 0.717) is 17.9 Å². The van der Waals surface area contributed by atoms with Crippen LogP contribution in [0.3, 0.4) is 0 Å². The summed E-state index contributed by atoms with van der Waals surface area (Å²) < 4.78 is 13.2. The molecule has 0 amide bonds. The SMILES string of the molecule is CNC[C@H](F)CC1CC2(CCC2)C1. The highest BCUT2D eigenvalue weighted by Gasteiger charge is 2.48. The fraction of sp³-hybridized carbons (Fsp3) is 1.00. The number of halogens is 1. The summed E-state index contributed by atoms with van der Waals surface area (Å²) in [5.74, 6) is 0.698. The largest absolute Gasteiger partial charge is 0.317 e. The predicted molar refractivity (Wildman–Crippen MR) is 52.4 cm³/mol. The zero-order valence-electron chi connectivity index (χ0n) is 8.48. The minimum atomic E-state index is -0.618. The van der Waals surface area contributed by atoms with Crippen molar-refractivity contribution in [2.75, 3.05) is 13.6 Å². The number of rotatable bonds is 4. The van der Waals surface area contributed by atoms with Crippen molar-refractivity contribution in [3.8, 4) is 0 Å². The van der Waals surface area contributed by atoms with Crippen LogP contribution in [0.25, 0.3) is 0 Å².